The number of thioether (sulfide) groups is 1. The Balaban J connectivity index is 1.47. The Morgan fingerprint density at radius 3 is 2.56 bits per heavy atom. The lowest BCUT2D eigenvalue weighted by molar-refractivity contribution is -0.123. The highest BCUT2D eigenvalue weighted by Crippen LogP contribution is 2.39. The van der Waals surface area contributed by atoms with Crippen molar-refractivity contribution in [1.82, 2.24) is 4.90 Å². The van der Waals surface area contributed by atoms with Crippen molar-refractivity contribution in [2.24, 2.45) is 0 Å². The van der Waals surface area contributed by atoms with Crippen LogP contribution in [0.5, 0.6) is 17.2 Å². The predicted molar refractivity (Wildman–Crippen MR) is 141 cm³/mol. The standard InChI is InChI=1S/C27H22BrNO6S/c1-17-7-6-10-20(13-17)34-12-11-29-25(30)23(36-27(29)32)16-18-14-21(28)24(22(15-18)33-2)35-26(31)19-8-4-3-5-9-19/h3-10,13-16H,11-12H2,1-2H3/b23-16-. The highest BCUT2D eigenvalue weighted by Gasteiger charge is 2.35. The Bertz CT molecular complexity index is 1340. The predicted octanol–water partition coefficient (Wildman–Crippen LogP) is 6.10. The molecule has 3 aromatic carbocycles. The van der Waals surface area contributed by atoms with E-state index in [2.05, 4.69) is 15.9 Å². The molecule has 1 fully saturated rings. The first-order valence-corrected chi connectivity index (χ1v) is 12.6. The topological polar surface area (TPSA) is 82.1 Å². The summed E-state index contributed by atoms with van der Waals surface area (Å²) in [6.45, 7) is 2.29. The van der Waals surface area contributed by atoms with Gasteiger partial charge in [-0.3, -0.25) is 14.5 Å². The minimum Gasteiger partial charge on any atom is -0.493 e. The molecule has 1 heterocycles. The van der Waals surface area contributed by atoms with Crippen molar-refractivity contribution in [2.75, 3.05) is 20.3 Å². The first kappa shape index (κ1) is 25.5. The summed E-state index contributed by atoms with van der Waals surface area (Å²) >= 11 is 4.28. The van der Waals surface area contributed by atoms with Crippen molar-refractivity contribution in [3.63, 3.8) is 0 Å². The summed E-state index contributed by atoms with van der Waals surface area (Å²) in [7, 11) is 1.45. The molecule has 7 nitrogen and oxygen atoms in total. The van der Waals surface area contributed by atoms with Gasteiger partial charge in [0.15, 0.2) is 11.5 Å². The summed E-state index contributed by atoms with van der Waals surface area (Å²) in [4.78, 5) is 39.3. The van der Waals surface area contributed by atoms with E-state index in [1.165, 1.54) is 7.11 Å². The van der Waals surface area contributed by atoms with E-state index >= 15 is 0 Å². The third kappa shape index (κ3) is 5.98. The van der Waals surface area contributed by atoms with Gasteiger partial charge >= 0.3 is 5.97 Å². The van der Waals surface area contributed by atoms with Gasteiger partial charge in [0.25, 0.3) is 11.1 Å². The number of imide groups is 1. The number of carbonyl (C=O) groups is 3. The number of benzene rings is 3. The molecule has 0 atom stereocenters. The molecule has 0 saturated carbocycles. The van der Waals surface area contributed by atoms with Gasteiger partial charge in [0.1, 0.15) is 12.4 Å². The smallest absolute Gasteiger partial charge is 0.343 e. The average Bonchev–Trinajstić information content (AvgIpc) is 3.13. The van der Waals surface area contributed by atoms with E-state index in [9.17, 15) is 14.4 Å². The highest BCUT2D eigenvalue weighted by atomic mass is 79.9. The fraction of sp³-hybridized carbons (Fsp3) is 0.148. The van der Waals surface area contributed by atoms with Crippen molar-refractivity contribution < 1.29 is 28.6 Å². The highest BCUT2D eigenvalue weighted by molar-refractivity contribution is 9.10. The van der Waals surface area contributed by atoms with Crippen molar-refractivity contribution in [3.05, 3.63) is 92.8 Å². The second kappa shape index (κ2) is 11.5. The molecule has 1 saturated heterocycles. The number of aryl methyl sites for hydroxylation is 1. The molecule has 36 heavy (non-hydrogen) atoms. The number of hydrogen-bond acceptors (Lipinski definition) is 7. The van der Waals surface area contributed by atoms with Gasteiger partial charge in [-0.05, 0) is 88.2 Å². The lowest BCUT2D eigenvalue weighted by Gasteiger charge is -2.13. The molecule has 0 bridgehead atoms. The zero-order valence-electron chi connectivity index (χ0n) is 19.5. The Hall–Kier alpha value is -3.56. The third-order valence-electron chi connectivity index (χ3n) is 5.20. The van der Waals surface area contributed by atoms with E-state index in [4.69, 9.17) is 14.2 Å². The van der Waals surface area contributed by atoms with Crippen LogP contribution in [0.2, 0.25) is 0 Å². The normalized spacial score (nSPS) is 14.3. The molecule has 184 valence electrons. The maximum Gasteiger partial charge on any atom is 0.343 e. The molecule has 0 spiro atoms. The Labute approximate surface area is 221 Å². The van der Waals surface area contributed by atoms with Crippen LogP contribution < -0.4 is 14.2 Å². The van der Waals surface area contributed by atoms with Gasteiger partial charge in [-0.2, -0.15) is 0 Å². The van der Waals surface area contributed by atoms with Gasteiger partial charge in [0.2, 0.25) is 0 Å². The third-order valence-corrected chi connectivity index (χ3v) is 6.70. The van der Waals surface area contributed by atoms with E-state index in [0.717, 1.165) is 22.2 Å². The van der Waals surface area contributed by atoms with Crippen molar-refractivity contribution in [1.29, 1.82) is 0 Å². The number of methoxy groups -OCH3 is 1. The molecule has 0 N–H and O–H groups in total. The Kier molecular flexibility index (Phi) is 8.12. The summed E-state index contributed by atoms with van der Waals surface area (Å²) in [5.74, 6) is 0.266. The van der Waals surface area contributed by atoms with Crippen LogP contribution in [-0.2, 0) is 4.79 Å². The molecule has 1 aliphatic heterocycles. The van der Waals surface area contributed by atoms with Crippen molar-refractivity contribution in [3.8, 4) is 17.2 Å². The largest absolute Gasteiger partial charge is 0.493 e. The zero-order valence-corrected chi connectivity index (χ0v) is 21.9. The van der Waals surface area contributed by atoms with Gasteiger partial charge in [0.05, 0.1) is 28.6 Å². The lowest BCUT2D eigenvalue weighted by atomic mass is 10.1. The lowest BCUT2D eigenvalue weighted by Crippen LogP contribution is -2.32. The van der Waals surface area contributed by atoms with Crippen LogP contribution >= 0.6 is 27.7 Å². The van der Waals surface area contributed by atoms with E-state index in [1.807, 2.05) is 31.2 Å². The average molecular weight is 568 g/mol. The van der Waals surface area contributed by atoms with Gasteiger partial charge < -0.3 is 14.2 Å². The maximum atomic E-state index is 12.9. The number of ether oxygens (including phenoxy) is 3. The van der Waals surface area contributed by atoms with E-state index in [1.54, 1.807) is 48.5 Å². The molecule has 0 radical (unpaired) electrons. The van der Waals surface area contributed by atoms with Crippen LogP contribution in [0.1, 0.15) is 21.5 Å². The Morgan fingerprint density at radius 1 is 1.06 bits per heavy atom. The second-order valence-corrected chi connectivity index (χ2v) is 9.64. The number of halogens is 1. The molecular formula is C27H22BrNO6S. The fourth-order valence-electron chi connectivity index (χ4n) is 3.45. The minimum absolute atomic E-state index is 0.136. The molecule has 2 amide bonds. The van der Waals surface area contributed by atoms with E-state index in [-0.39, 0.29) is 29.0 Å². The van der Waals surface area contributed by atoms with Crippen LogP contribution in [0.4, 0.5) is 4.79 Å². The monoisotopic (exact) mass is 567 g/mol. The summed E-state index contributed by atoms with van der Waals surface area (Å²) in [5, 5.41) is -0.362. The van der Waals surface area contributed by atoms with Gasteiger partial charge in [-0.25, -0.2) is 4.79 Å². The van der Waals surface area contributed by atoms with Crippen molar-refractivity contribution in [2.45, 2.75) is 6.92 Å². The van der Waals surface area contributed by atoms with Gasteiger partial charge in [-0.15, -0.1) is 0 Å². The fourth-order valence-corrected chi connectivity index (χ4v) is 4.86. The molecule has 0 unspecified atom stereocenters. The summed E-state index contributed by atoms with van der Waals surface area (Å²) in [6, 6.07) is 19.5. The molecule has 1 aliphatic rings. The first-order valence-electron chi connectivity index (χ1n) is 11.0. The van der Waals surface area contributed by atoms with Crippen molar-refractivity contribution >= 4 is 50.9 Å². The Morgan fingerprint density at radius 2 is 1.83 bits per heavy atom. The number of rotatable bonds is 8. The molecule has 0 aromatic heterocycles. The summed E-state index contributed by atoms with van der Waals surface area (Å²) < 4.78 is 17.1. The zero-order chi connectivity index (χ0) is 25.7. The number of hydrogen-bond donors (Lipinski definition) is 0. The number of amides is 2. The summed E-state index contributed by atoms with van der Waals surface area (Å²) in [5.41, 5.74) is 2.05. The van der Waals surface area contributed by atoms with Crippen LogP contribution in [0.25, 0.3) is 6.08 Å². The van der Waals surface area contributed by atoms with Crippen LogP contribution in [0, 0.1) is 6.92 Å². The summed E-state index contributed by atoms with van der Waals surface area (Å²) in [6.07, 6.45) is 1.60. The number of nitrogens with zero attached hydrogens (tertiary/aromatic N) is 1. The van der Waals surface area contributed by atoms with Gasteiger partial charge in [-0.1, -0.05) is 30.3 Å². The van der Waals surface area contributed by atoms with E-state index < -0.39 is 11.9 Å². The van der Waals surface area contributed by atoms with Gasteiger partial charge in [0, 0.05) is 0 Å². The molecular weight excluding hydrogens is 546 g/mol. The van der Waals surface area contributed by atoms with Crippen LogP contribution in [0.3, 0.4) is 0 Å². The first-order chi connectivity index (χ1) is 17.4. The molecule has 0 aliphatic carbocycles. The number of carbonyl (C=O) groups excluding carboxylic acids is 3. The van der Waals surface area contributed by atoms with E-state index in [0.29, 0.717) is 27.1 Å². The minimum atomic E-state index is -0.531. The SMILES string of the molecule is COc1cc(/C=C2\SC(=O)N(CCOc3cccc(C)c3)C2=O)cc(Br)c1OC(=O)c1ccccc1. The van der Waals surface area contributed by atoms with Crippen LogP contribution in [-0.4, -0.2) is 42.3 Å². The molecule has 3 aromatic rings. The number of esters is 1. The van der Waals surface area contributed by atoms with Crippen LogP contribution in [0.15, 0.2) is 76.1 Å². The quantitative estimate of drug-likeness (QED) is 0.185. The molecule has 4 rings (SSSR count). The molecule has 9 heteroatoms. The second-order valence-electron chi connectivity index (χ2n) is 7.79. The maximum absolute atomic E-state index is 12.9.